The topological polar surface area (TPSA) is 69.7 Å². The molecule has 0 bridgehead atoms. The van der Waals surface area contributed by atoms with E-state index in [9.17, 15) is 13.2 Å². The Labute approximate surface area is 128 Å². The molecule has 2 aliphatic heterocycles. The second-order valence-electron chi connectivity index (χ2n) is 5.61. The number of sulfonamides is 1. The maximum absolute atomic E-state index is 12.5. The zero-order chi connectivity index (χ0) is 15.2. The molecule has 3 rings (SSSR count). The summed E-state index contributed by atoms with van der Waals surface area (Å²) in [5, 5.41) is 4.45. The molecule has 1 N–H and O–H groups in total. The van der Waals surface area contributed by atoms with Gasteiger partial charge in [0.25, 0.3) is 10.0 Å². The van der Waals surface area contributed by atoms with Crippen molar-refractivity contribution in [2.45, 2.75) is 22.7 Å². The highest BCUT2D eigenvalue weighted by atomic mass is 32.2. The van der Waals surface area contributed by atoms with Gasteiger partial charge in [0.05, 0.1) is 6.04 Å². The highest BCUT2D eigenvalue weighted by molar-refractivity contribution is 7.91. The fraction of sp³-hybridized carbons (Fsp3) is 0.615. The van der Waals surface area contributed by atoms with Gasteiger partial charge in [-0.2, -0.15) is 4.31 Å². The molecule has 2 aliphatic rings. The van der Waals surface area contributed by atoms with Crippen LogP contribution in [0.15, 0.2) is 21.7 Å². The van der Waals surface area contributed by atoms with E-state index in [1.807, 2.05) is 11.9 Å². The number of nitrogens with zero attached hydrogens (tertiary/aromatic N) is 2. The van der Waals surface area contributed by atoms with Crippen LogP contribution in [0.2, 0.25) is 0 Å². The Balaban J connectivity index is 1.76. The molecule has 0 aliphatic carbocycles. The summed E-state index contributed by atoms with van der Waals surface area (Å²) < 4.78 is 27.0. The monoisotopic (exact) mass is 329 g/mol. The van der Waals surface area contributed by atoms with Gasteiger partial charge in [-0.05, 0) is 30.8 Å². The molecule has 2 fully saturated rings. The van der Waals surface area contributed by atoms with Crippen LogP contribution in [0.25, 0.3) is 0 Å². The lowest BCUT2D eigenvalue weighted by atomic mass is 10.0. The van der Waals surface area contributed by atoms with Crippen molar-refractivity contribution in [3.8, 4) is 0 Å². The summed E-state index contributed by atoms with van der Waals surface area (Å²) in [7, 11) is 0.166. The Kier molecular flexibility index (Phi) is 3.81. The first-order valence-corrected chi connectivity index (χ1v) is 9.24. The average molecular weight is 329 g/mol. The molecule has 0 saturated carbocycles. The zero-order valence-corrected chi connectivity index (χ0v) is 13.7. The smallest absolute Gasteiger partial charge is 0.252 e. The molecule has 0 aromatic carbocycles. The first-order chi connectivity index (χ1) is 9.95. The van der Waals surface area contributed by atoms with Gasteiger partial charge in [-0.15, -0.1) is 11.3 Å². The molecule has 3 heterocycles. The van der Waals surface area contributed by atoms with E-state index in [1.54, 1.807) is 28.9 Å². The first-order valence-electron chi connectivity index (χ1n) is 6.92. The Morgan fingerprint density at radius 2 is 2.19 bits per heavy atom. The quantitative estimate of drug-likeness (QED) is 0.859. The minimum absolute atomic E-state index is 0.0135. The van der Waals surface area contributed by atoms with Gasteiger partial charge in [-0.1, -0.05) is 6.07 Å². The number of rotatable bonds is 3. The van der Waals surface area contributed by atoms with Crippen LogP contribution in [0.4, 0.5) is 0 Å². The number of likely N-dealkylation sites (tertiary alicyclic amines) is 1. The standard InChI is InChI=1S/C13H19N3O3S2/c1-14-13(17)10-6-9-7-16(8-11(9)15(10)2)21(18,19)12-4-3-5-20-12/h3-5,9-11H,6-8H2,1-2H3,(H,14,17)/t9-,10-,11+/m0/s1. The third-order valence-electron chi connectivity index (χ3n) is 4.55. The largest absolute Gasteiger partial charge is 0.358 e. The van der Waals surface area contributed by atoms with E-state index in [4.69, 9.17) is 0 Å². The summed E-state index contributed by atoms with van der Waals surface area (Å²) in [6.07, 6.45) is 0.720. The fourth-order valence-corrected chi connectivity index (χ4v) is 6.04. The van der Waals surface area contributed by atoms with Gasteiger partial charge in [0.2, 0.25) is 5.91 Å². The fourth-order valence-electron chi connectivity index (χ4n) is 3.38. The predicted octanol–water partition coefficient (Wildman–Crippen LogP) is 0.187. The van der Waals surface area contributed by atoms with Crippen molar-refractivity contribution in [2.75, 3.05) is 27.2 Å². The van der Waals surface area contributed by atoms with Gasteiger partial charge in [-0.25, -0.2) is 8.42 Å². The van der Waals surface area contributed by atoms with Crippen LogP contribution in [-0.2, 0) is 14.8 Å². The lowest BCUT2D eigenvalue weighted by Crippen LogP contribution is -2.45. The Morgan fingerprint density at radius 3 is 2.76 bits per heavy atom. The molecule has 21 heavy (non-hydrogen) atoms. The normalized spacial score (nSPS) is 30.5. The van der Waals surface area contributed by atoms with Crippen LogP contribution in [-0.4, -0.2) is 62.8 Å². The van der Waals surface area contributed by atoms with Crippen molar-refractivity contribution in [1.82, 2.24) is 14.5 Å². The van der Waals surface area contributed by atoms with E-state index in [0.29, 0.717) is 17.3 Å². The van der Waals surface area contributed by atoms with Crippen LogP contribution >= 0.6 is 11.3 Å². The number of fused-ring (bicyclic) bond motifs is 1. The molecule has 116 valence electrons. The molecule has 1 aromatic heterocycles. The maximum atomic E-state index is 12.5. The second-order valence-corrected chi connectivity index (χ2v) is 8.73. The Hall–Kier alpha value is -0.960. The van der Waals surface area contributed by atoms with Gasteiger partial charge in [0, 0.05) is 26.2 Å². The van der Waals surface area contributed by atoms with Crippen molar-refractivity contribution in [2.24, 2.45) is 5.92 Å². The molecule has 2 saturated heterocycles. The van der Waals surface area contributed by atoms with E-state index in [0.717, 1.165) is 6.42 Å². The molecule has 1 amide bonds. The molecule has 0 radical (unpaired) electrons. The SMILES string of the molecule is CNC(=O)[C@@H]1C[C@H]2CN(S(=O)(=O)c3cccs3)C[C@H]2N1C. The van der Waals surface area contributed by atoms with E-state index in [1.165, 1.54) is 11.3 Å². The molecule has 0 unspecified atom stereocenters. The number of hydrogen-bond donors (Lipinski definition) is 1. The van der Waals surface area contributed by atoms with Crippen molar-refractivity contribution < 1.29 is 13.2 Å². The molecular formula is C13H19N3O3S2. The maximum Gasteiger partial charge on any atom is 0.252 e. The van der Waals surface area contributed by atoms with Crippen LogP contribution in [0.3, 0.4) is 0 Å². The van der Waals surface area contributed by atoms with Gasteiger partial charge in [0.15, 0.2) is 0 Å². The van der Waals surface area contributed by atoms with Gasteiger partial charge in [0.1, 0.15) is 4.21 Å². The van der Waals surface area contributed by atoms with Gasteiger partial charge < -0.3 is 5.32 Å². The Morgan fingerprint density at radius 1 is 1.43 bits per heavy atom. The van der Waals surface area contributed by atoms with E-state index < -0.39 is 10.0 Å². The molecular weight excluding hydrogens is 310 g/mol. The van der Waals surface area contributed by atoms with Crippen molar-refractivity contribution >= 4 is 27.3 Å². The molecule has 8 heteroatoms. The van der Waals surface area contributed by atoms with Crippen LogP contribution in [0.5, 0.6) is 0 Å². The summed E-state index contributed by atoms with van der Waals surface area (Å²) >= 11 is 1.25. The van der Waals surface area contributed by atoms with Crippen molar-refractivity contribution in [3.05, 3.63) is 17.5 Å². The number of hydrogen-bond acceptors (Lipinski definition) is 5. The zero-order valence-electron chi connectivity index (χ0n) is 12.0. The molecule has 3 atom stereocenters. The summed E-state index contributed by atoms with van der Waals surface area (Å²) in [6, 6.07) is 3.38. The van der Waals surface area contributed by atoms with E-state index in [-0.39, 0.29) is 23.9 Å². The first kappa shape index (κ1) is 15.0. The van der Waals surface area contributed by atoms with E-state index >= 15 is 0 Å². The lowest BCUT2D eigenvalue weighted by molar-refractivity contribution is -0.125. The summed E-state index contributed by atoms with van der Waals surface area (Å²) in [4.78, 5) is 13.9. The van der Waals surface area contributed by atoms with Crippen molar-refractivity contribution in [3.63, 3.8) is 0 Å². The minimum Gasteiger partial charge on any atom is -0.358 e. The minimum atomic E-state index is -3.38. The van der Waals surface area contributed by atoms with Gasteiger partial charge in [-0.3, -0.25) is 9.69 Å². The van der Waals surface area contributed by atoms with Crippen LogP contribution in [0, 0.1) is 5.92 Å². The number of likely N-dealkylation sites (N-methyl/N-ethyl adjacent to an activating group) is 2. The number of amides is 1. The summed E-state index contributed by atoms with van der Waals surface area (Å²) in [5.74, 6) is 0.242. The number of nitrogens with one attached hydrogen (secondary N) is 1. The number of thiophene rings is 1. The van der Waals surface area contributed by atoms with E-state index in [2.05, 4.69) is 5.32 Å². The number of carbonyl (C=O) groups is 1. The summed E-state index contributed by atoms with van der Waals surface area (Å²) in [5.41, 5.74) is 0. The predicted molar refractivity (Wildman–Crippen MR) is 80.6 cm³/mol. The molecule has 1 aromatic rings. The Bertz CT molecular complexity index is 629. The third-order valence-corrected chi connectivity index (χ3v) is 7.76. The lowest BCUT2D eigenvalue weighted by Gasteiger charge is -2.25. The second kappa shape index (κ2) is 5.35. The highest BCUT2D eigenvalue weighted by Crippen LogP contribution is 2.37. The number of carbonyl (C=O) groups excluding carboxylic acids is 1. The highest BCUT2D eigenvalue weighted by Gasteiger charge is 2.49. The molecule has 0 spiro atoms. The van der Waals surface area contributed by atoms with Gasteiger partial charge >= 0.3 is 0 Å². The van der Waals surface area contributed by atoms with Crippen LogP contribution in [0.1, 0.15) is 6.42 Å². The van der Waals surface area contributed by atoms with Crippen LogP contribution < -0.4 is 5.32 Å². The van der Waals surface area contributed by atoms with Crippen molar-refractivity contribution in [1.29, 1.82) is 0 Å². The summed E-state index contributed by atoms with van der Waals surface area (Å²) in [6.45, 7) is 0.970. The molecule has 6 nitrogen and oxygen atoms in total. The third kappa shape index (κ3) is 2.40. The average Bonchev–Trinajstić information content (AvgIpc) is 3.15.